The van der Waals surface area contributed by atoms with Crippen molar-refractivity contribution in [2.45, 2.75) is 50.8 Å². The van der Waals surface area contributed by atoms with Crippen LogP contribution in [0, 0.1) is 0 Å². The summed E-state index contributed by atoms with van der Waals surface area (Å²) >= 11 is 0. The van der Waals surface area contributed by atoms with Crippen molar-refractivity contribution >= 4 is 24.9 Å². The van der Waals surface area contributed by atoms with Gasteiger partial charge < -0.3 is 20.9 Å². The van der Waals surface area contributed by atoms with Crippen LogP contribution in [0.3, 0.4) is 0 Å². The zero-order chi connectivity index (χ0) is 20.3. The molecule has 0 amide bonds. The first-order chi connectivity index (χ1) is 13.2. The molecule has 154 valence electrons. The van der Waals surface area contributed by atoms with Crippen LogP contribution in [0.1, 0.15) is 27.0 Å². The molecule has 5 unspecified atom stereocenters. The molecule has 28 heavy (non-hydrogen) atoms. The van der Waals surface area contributed by atoms with E-state index < -0.39 is 31.8 Å². The summed E-state index contributed by atoms with van der Waals surface area (Å²) in [6.07, 6.45) is -0.112. The fourth-order valence-electron chi connectivity index (χ4n) is 3.42. The topological polar surface area (TPSA) is 159 Å². The van der Waals surface area contributed by atoms with Crippen molar-refractivity contribution in [3.05, 3.63) is 6.33 Å². The molecular formula is C15H23N6O6P. The van der Waals surface area contributed by atoms with Gasteiger partial charge in [0.2, 0.25) is 11.8 Å². The van der Waals surface area contributed by atoms with Crippen LogP contribution in [0.4, 0.5) is 5.95 Å². The lowest BCUT2D eigenvalue weighted by Crippen LogP contribution is -2.54. The summed E-state index contributed by atoms with van der Waals surface area (Å²) in [5.41, 5.74) is 12.0. The van der Waals surface area contributed by atoms with E-state index >= 15 is 0 Å². The van der Waals surface area contributed by atoms with Gasteiger partial charge in [-0.25, -0.2) is 9.55 Å². The van der Waals surface area contributed by atoms with Crippen LogP contribution in [0.15, 0.2) is 6.33 Å². The Hall–Kier alpha value is -1.82. The van der Waals surface area contributed by atoms with Gasteiger partial charge in [0, 0.05) is 0 Å². The smallest absolute Gasteiger partial charge is 0.475 e. The van der Waals surface area contributed by atoms with E-state index in [4.69, 9.17) is 34.5 Å². The second kappa shape index (κ2) is 6.61. The molecule has 0 aliphatic carbocycles. The highest BCUT2D eigenvalue weighted by Gasteiger charge is 2.61. The van der Waals surface area contributed by atoms with Crippen LogP contribution in [0.25, 0.3) is 11.2 Å². The van der Waals surface area contributed by atoms with Crippen LogP contribution in [0.5, 0.6) is 5.88 Å². The van der Waals surface area contributed by atoms with Gasteiger partial charge in [0.25, 0.3) is 0 Å². The van der Waals surface area contributed by atoms with Crippen LogP contribution < -0.4 is 16.2 Å². The largest absolute Gasteiger partial charge is 0.479 e. The monoisotopic (exact) mass is 414 g/mol. The predicted molar refractivity (Wildman–Crippen MR) is 97.4 cm³/mol. The van der Waals surface area contributed by atoms with Crippen LogP contribution in [-0.4, -0.2) is 57.1 Å². The predicted octanol–water partition coefficient (Wildman–Crippen LogP) is 0.980. The van der Waals surface area contributed by atoms with E-state index in [9.17, 15) is 4.57 Å². The number of hydrogen-bond acceptors (Lipinski definition) is 11. The minimum absolute atomic E-state index is 0.0117. The second-order valence-electron chi connectivity index (χ2n) is 7.13. The Morgan fingerprint density at radius 3 is 2.86 bits per heavy atom. The lowest BCUT2D eigenvalue weighted by molar-refractivity contribution is -0.109. The maximum Gasteiger partial charge on any atom is 0.475 e. The number of rotatable bonds is 4. The van der Waals surface area contributed by atoms with Crippen molar-refractivity contribution in [2.75, 3.05) is 19.5 Å². The van der Waals surface area contributed by atoms with E-state index in [2.05, 4.69) is 15.0 Å². The Kier molecular flexibility index (Phi) is 4.60. The van der Waals surface area contributed by atoms with Gasteiger partial charge in [0.05, 0.1) is 32.2 Å². The molecule has 2 aromatic heterocycles. The van der Waals surface area contributed by atoms with Crippen molar-refractivity contribution < 1.29 is 27.6 Å². The summed E-state index contributed by atoms with van der Waals surface area (Å²) in [7, 11) is -2.30. The molecule has 2 fully saturated rings. The Balaban J connectivity index is 1.70. The first-order valence-electron chi connectivity index (χ1n) is 8.75. The van der Waals surface area contributed by atoms with Gasteiger partial charge in [0.1, 0.15) is 11.7 Å². The van der Waals surface area contributed by atoms with Crippen LogP contribution >= 0.6 is 7.82 Å². The molecule has 0 radical (unpaired) electrons. The van der Waals surface area contributed by atoms with Gasteiger partial charge in [-0.05, 0) is 20.8 Å². The van der Waals surface area contributed by atoms with Crippen molar-refractivity contribution in [3.63, 3.8) is 0 Å². The summed E-state index contributed by atoms with van der Waals surface area (Å²) in [4.78, 5) is 12.5. The zero-order valence-electron chi connectivity index (χ0n) is 15.9. The van der Waals surface area contributed by atoms with Gasteiger partial charge in [-0.15, -0.1) is 0 Å². The lowest BCUT2D eigenvalue weighted by Gasteiger charge is -2.39. The third-order valence-electron chi connectivity index (χ3n) is 4.82. The average molecular weight is 414 g/mol. The Morgan fingerprint density at radius 2 is 2.18 bits per heavy atom. The number of ether oxygens (including phenoxy) is 2. The van der Waals surface area contributed by atoms with Gasteiger partial charge in [-0.2, -0.15) is 9.97 Å². The van der Waals surface area contributed by atoms with Crippen LogP contribution in [-0.2, 0) is 22.9 Å². The summed E-state index contributed by atoms with van der Waals surface area (Å²) in [6.45, 7) is 5.22. The molecule has 12 nitrogen and oxygen atoms in total. The molecule has 0 aromatic carbocycles. The fourth-order valence-corrected chi connectivity index (χ4v) is 5.13. The van der Waals surface area contributed by atoms with E-state index in [1.54, 1.807) is 25.3 Å². The van der Waals surface area contributed by atoms with Crippen molar-refractivity contribution in [1.29, 1.82) is 0 Å². The molecule has 0 bridgehead atoms. The van der Waals surface area contributed by atoms with E-state index in [0.29, 0.717) is 11.2 Å². The molecular weight excluding hydrogens is 391 g/mol. The molecule has 2 aliphatic rings. The first-order valence-corrected chi connectivity index (χ1v) is 10.2. The molecule has 2 saturated heterocycles. The van der Waals surface area contributed by atoms with Crippen molar-refractivity contribution in [2.24, 2.45) is 5.73 Å². The highest BCUT2D eigenvalue weighted by Crippen LogP contribution is 2.60. The molecule has 0 spiro atoms. The average Bonchev–Trinajstić information content (AvgIpc) is 3.12. The molecule has 2 aliphatic heterocycles. The number of nitrogen functional groups attached to an aromatic ring is 1. The molecule has 0 saturated carbocycles. The molecule has 4 N–H and O–H groups in total. The molecule has 5 atom stereocenters. The highest BCUT2D eigenvalue weighted by molar-refractivity contribution is 7.48. The van der Waals surface area contributed by atoms with Crippen molar-refractivity contribution in [3.8, 4) is 5.88 Å². The second-order valence-corrected chi connectivity index (χ2v) is 8.67. The maximum atomic E-state index is 12.8. The number of imidazole rings is 1. The Bertz CT molecular complexity index is 952. The van der Waals surface area contributed by atoms with Gasteiger partial charge in [-0.3, -0.25) is 18.1 Å². The van der Waals surface area contributed by atoms with E-state index in [0.717, 1.165) is 0 Å². The number of phosphoric acid groups is 1. The van der Waals surface area contributed by atoms with Crippen molar-refractivity contribution in [1.82, 2.24) is 19.5 Å². The summed E-state index contributed by atoms with van der Waals surface area (Å²) in [5, 5.41) is 0. The quantitative estimate of drug-likeness (QED) is 0.687. The molecule has 2 aromatic rings. The number of methoxy groups -OCH3 is 1. The fraction of sp³-hybridized carbons (Fsp3) is 0.667. The summed E-state index contributed by atoms with van der Waals surface area (Å²) < 4.78 is 42.2. The van der Waals surface area contributed by atoms with E-state index in [1.807, 2.05) is 0 Å². The number of anilines is 1. The maximum absolute atomic E-state index is 12.8. The van der Waals surface area contributed by atoms with Gasteiger partial charge >= 0.3 is 7.82 Å². The standard InChI is InChI=1S/C15H23N6O6P/c1-7(2)26-28(22)24-5-8-15(3,27-28)10(16)13(25-8)21-6-18-9-11(21)19-14(17)20-12(9)23-4/h6-8,10,13H,5,16H2,1-4H3,(H2,17,19,20). The molecule has 4 heterocycles. The number of fused-ring (bicyclic) bond motifs is 2. The van der Waals surface area contributed by atoms with Crippen LogP contribution in [0.2, 0.25) is 0 Å². The number of aromatic nitrogens is 4. The van der Waals surface area contributed by atoms with Gasteiger partial charge in [-0.1, -0.05) is 0 Å². The number of nitrogens with two attached hydrogens (primary N) is 2. The number of phosphoric ester groups is 1. The summed E-state index contributed by atoms with van der Waals surface area (Å²) in [5.74, 6) is 0.265. The molecule has 13 heteroatoms. The first kappa shape index (κ1) is 19.5. The Labute approximate surface area is 161 Å². The van der Waals surface area contributed by atoms with E-state index in [-0.39, 0.29) is 24.5 Å². The van der Waals surface area contributed by atoms with Gasteiger partial charge in [0.15, 0.2) is 17.4 Å². The van der Waals surface area contributed by atoms with E-state index in [1.165, 1.54) is 13.4 Å². The SMILES string of the molecule is COc1nc(N)nc2c1ncn2C1OC2COP(=O)(OC(C)C)OC2(C)C1N. The number of hydrogen-bond donors (Lipinski definition) is 2. The minimum atomic E-state index is -3.76. The molecule has 4 rings (SSSR count). The summed E-state index contributed by atoms with van der Waals surface area (Å²) in [6, 6.07) is -0.718. The normalized spacial score (nSPS) is 35.4. The third-order valence-corrected chi connectivity index (χ3v) is 6.58. The Morgan fingerprint density at radius 1 is 1.43 bits per heavy atom. The highest BCUT2D eigenvalue weighted by atomic mass is 31.2. The zero-order valence-corrected chi connectivity index (χ0v) is 16.8. The number of nitrogens with zero attached hydrogens (tertiary/aromatic N) is 4. The lowest BCUT2D eigenvalue weighted by atomic mass is 9.93. The minimum Gasteiger partial charge on any atom is -0.479 e. The third kappa shape index (κ3) is 2.97.